The highest BCUT2D eigenvalue weighted by molar-refractivity contribution is 9.10. The van der Waals surface area contributed by atoms with Crippen molar-refractivity contribution in [3.8, 4) is 0 Å². The summed E-state index contributed by atoms with van der Waals surface area (Å²) in [5.74, 6) is 0.943. The van der Waals surface area contributed by atoms with Crippen molar-refractivity contribution in [3.63, 3.8) is 0 Å². The number of hydrogen-bond acceptors (Lipinski definition) is 1. The predicted molar refractivity (Wildman–Crippen MR) is 57.8 cm³/mol. The van der Waals surface area contributed by atoms with Gasteiger partial charge in [0.05, 0.1) is 15.5 Å². The van der Waals surface area contributed by atoms with E-state index in [1.807, 2.05) is 13.8 Å². The molecule has 2 aromatic rings. The van der Waals surface area contributed by atoms with Crippen LogP contribution in [0.25, 0.3) is 11.0 Å². The maximum atomic E-state index is 13.2. The summed E-state index contributed by atoms with van der Waals surface area (Å²) in [7, 11) is 0. The fourth-order valence-corrected chi connectivity index (χ4v) is 1.63. The van der Waals surface area contributed by atoms with Crippen LogP contribution < -0.4 is 0 Å². The first-order chi connectivity index (χ1) is 6.58. The molecular weight excluding hydrogens is 247 g/mol. The van der Waals surface area contributed by atoms with E-state index in [4.69, 9.17) is 0 Å². The smallest absolute Gasteiger partial charge is 0.139 e. The molecule has 0 bridgehead atoms. The molecule has 0 amide bonds. The summed E-state index contributed by atoms with van der Waals surface area (Å²) in [6.07, 6.45) is 0. The molecule has 0 atom stereocenters. The van der Waals surface area contributed by atoms with E-state index in [9.17, 15) is 4.39 Å². The highest BCUT2D eigenvalue weighted by Gasteiger charge is 2.08. The van der Waals surface area contributed by atoms with Crippen LogP contribution in [0, 0.1) is 5.82 Å². The summed E-state index contributed by atoms with van der Waals surface area (Å²) in [6, 6.07) is 3.14. The van der Waals surface area contributed by atoms with Gasteiger partial charge in [-0.05, 0) is 22.0 Å². The first-order valence-electron chi connectivity index (χ1n) is 4.42. The summed E-state index contributed by atoms with van der Waals surface area (Å²) < 4.78 is 13.6. The van der Waals surface area contributed by atoms with Crippen molar-refractivity contribution in [2.24, 2.45) is 0 Å². The van der Waals surface area contributed by atoms with Crippen LogP contribution in [-0.2, 0) is 0 Å². The van der Waals surface area contributed by atoms with Crippen LogP contribution in [0.1, 0.15) is 25.6 Å². The Balaban J connectivity index is 2.66. The average Bonchev–Trinajstić information content (AvgIpc) is 2.48. The van der Waals surface area contributed by atoms with Gasteiger partial charge in [-0.1, -0.05) is 13.8 Å². The second-order valence-electron chi connectivity index (χ2n) is 3.56. The lowest BCUT2D eigenvalue weighted by molar-refractivity contribution is 0.623. The largest absolute Gasteiger partial charge is 0.342 e. The highest BCUT2D eigenvalue weighted by Crippen LogP contribution is 2.23. The molecule has 1 aromatic heterocycles. The number of rotatable bonds is 1. The molecule has 2 rings (SSSR count). The molecule has 1 N–H and O–H groups in total. The number of nitrogens with zero attached hydrogens (tertiary/aromatic N) is 1. The van der Waals surface area contributed by atoms with Gasteiger partial charge in [-0.25, -0.2) is 9.37 Å². The van der Waals surface area contributed by atoms with Crippen LogP contribution in [0.15, 0.2) is 16.6 Å². The molecule has 0 aliphatic rings. The second kappa shape index (κ2) is 3.35. The van der Waals surface area contributed by atoms with E-state index < -0.39 is 0 Å². The number of aromatic nitrogens is 2. The Labute approximate surface area is 89.7 Å². The van der Waals surface area contributed by atoms with Gasteiger partial charge in [-0.2, -0.15) is 0 Å². The van der Waals surface area contributed by atoms with E-state index in [1.165, 1.54) is 6.07 Å². The Morgan fingerprint density at radius 2 is 2.14 bits per heavy atom. The Morgan fingerprint density at radius 3 is 2.79 bits per heavy atom. The number of hydrogen-bond donors (Lipinski definition) is 1. The number of imidazole rings is 1. The van der Waals surface area contributed by atoms with E-state index >= 15 is 0 Å². The van der Waals surface area contributed by atoms with Crippen molar-refractivity contribution in [2.45, 2.75) is 19.8 Å². The van der Waals surface area contributed by atoms with Crippen LogP contribution >= 0.6 is 15.9 Å². The molecule has 0 aliphatic heterocycles. The van der Waals surface area contributed by atoms with Crippen LogP contribution in [-0.4, -0.2) is 9.97 Å². The summed E-state index contributed by atoms with van der Waals surface area (Å²) in [4.78, 5) is 7.45. The maximum Gasteiger partial charge on any atom is 0.139 e. The molecule has 1 aromatic carbocycles. The monoisotopic (exact) mass is 256 g/mol. The van der Waals surface area contributed by atoms with Crippen molar-refractivity contribution in [1.82, 2.24) is 9.97 Å². The molecule has 4 heteroatoms. The molecule has 0 radical (unpaired) electrons. The normalized spacial score (nSPS) is 11.5. The Hall–Kier alpha value is -0.900. The number of aromatic amines is 1. The SMILES string of the molecule is CC(C)c1nc2cc(Br)c(F)cc2[nH]1. The molecule has 1 heterocycles. The molecular formula is C10H10BrFN2. The van der Waals surface area contributed by atoms with Gasteiger partial charge in [0.25, 0.3) is 0 Å². The number of fused-ring (bicyclic) bond motifs is 1. The van der Waals surface area contributed by atoms with E-state index in [0.717, 1.165) is 16.9 Å². The van der Waals surface area contributed by atoms with Gasteiger partial charge in [-0.3, -0.25) is 0 Å². The van der Waals surface area contributed by atoms with Gasteiger partial charge < -0.3 is 4.98 Å². The molecule has 0 spiro atoms. The second-order valence-corrected chi connectivity index (χ2v) is 4.41. The minimum Gasteiger partial charge on any atom is -0.342 e. The minimum atomic E-state index is -0.267. The highest BCUT2D eigenvalue weighted by atomic mass is 79.9. The van der Waals surface area contributed by atoms with E-state index in [1.54, 1.807) is 6.07 Å². The molecule has 74 valence electrons. The summed E-state index contributed by atoms with van der Waals surface area (Å²) in [5.41, 5.74) is 1.54. The summed E-state index contributed by atoms with van der Waals surface area (Å²) in [6.45, 7) is 4.09. The molecule has 14 heavy (non-hydrogen) atoms. The first kappa shape index (κ1) is 9.65. The molecule has 2 nitrogen and oxygen atoms in total. The van der Waals surface area contributed by atoms with Gasteiger partial charge >= 0.3 is 0 Å². The van der Waals surface area contributed by atoms with Crippen molar-refractivity contribution in [2.75, 3.05) is 0 Å². The third-order valence-corrected chi connectivity index (χ3v) is 2.70. The van der Waals surface area contributed by atoms with Crippen molar-refractivity contribution in [3.05, 3.63) is 28.2 Å². The Bertz CT molecular complexity index is 437. The molecule has 0 saturated heterocycles. The van der Waals surface area contributed by atoms with Crippen LogP contribution in [0.3, 0.4) is 0 Å². The van der Waals surface area contributed by atoms with E-state index in [2.05, 4.69) is 25.9 Å². The van der Waals surface area contributed by atoms with Crippen molar-refractivity contribution >= 4 is 27.0 Å². The van der Waals surface area contributed by atoms with Crippen molar-refractivity contribution < 1.29 is 4.39 Å². The van der Waals surface area contributed by atoms with Gasteiger partial charge in [0.15, 0.2) is 0 Å². The average molecular weight is 257 g/mol. The molecule has 0 fully saturated rings. The van der Waals surface area contributed by atoms with Gasteiger partial charge in [-0.15, -0.1) is 0 Å². The standard InChI is InChI=1S/C10H10BrFN2/c1-5(2)10-13-8-3-6(11)7(12)4-9(8)14-10/h3-5H,1-2H3,(H,13,14). The van der Waals surface area contributed by atoms with Crippen LogP contribution in [0.5, 0.6) is 0 Å². The van der Waals surface area contributed by atoms with Crippen molar-refractivity contribution in [1.29, 1.82) is 0 Å². The topological polar surface area (TPSA) is 28.7 Å². The molecule has 0 saturated carbocycles. The Kier molecular flexibility index (Phi) is 2.31. The number of benzene rings is 1. The van der Waals surface area contributed by atoms with E-state index in [-0.39, 0.29) is 5.82 Å². The van der Waals surface area contributed by atoms with E-state index in [0.29, 0.717) is 10.4 Å². The lowest BCUT2D eigenvalue weighted by atomic mass is 10.2. The lowest BCUT2D eigenvalue weighted by Gasteiger charge is -1.95. The van der Waals surface area contributed by atoms with Crippen LogP contribution in [0.4, 0.5) is 4.39 Å². The Morgan fingerprint density at radius 1 is 1.43 bits per heavy atom. The zero-order valence-electron chi connectivity index (χ0n) is 7.94. The van der Waals surface area contributed by atoms with Gasteiger partial charge in [0.1, 0.15) is 11.6 Å². The maximum absolute atomic E-state index is 13.2. The first-order valence-corrected chi connectivity index (χ1v) is 5.22. The lowest BCUT2D eigenvalue weighted by Crippen LogP contribution is -1.88. The molecule has 0 aliphatic carbocycles. The predicted octanol–water partition coefficient (Wildman–Crippen LogP) is 3.59. The minimum absolute atomic E-state index is 0.267. The number of nitrogens with one attached hydrogen (secondary N) is 1. The van der Waals surface area contributed by atoms with Gasteiger partial charge in [0, 0.05) is 12.0 Å². The van der Waals surface area contributed by atoms with Crippen LogP contribution in [0.2, 0.25) is 0 Å². The number of halogens is 2. The zero-order valence-corrected chi connectivity index (χ0v) is 9.52. The number of H-pyrrole nitrogens is 1. The zero-order chi connectivity index (χ0) is 10.3. The quantitative estimate of drug-likeness (QED) is 0.830. The van der Waals surface area contributed by atoms with Gasteiger partial charge in [0.2, 0.25) is 0 Å². The summed E-state index contributed by atoms with van der Waals surface area (Å²) >= 11 is 3.13. The molecule has 0 unspecified atom stereocenters. The fraction of sp³-hybridized carbons (Fsp3) is 0.300. The third-order valence-electron chi connectivity index (χ3n) is 2.09. The third kappa shape index (κ3) is 1.54. The summed E-state index contributed by atoms with van der Waals surface area (Å²) in [5, 5.41) is 0. The fourth-order valence-electron chi connectivity index (χ4n) is 1.30.